The maximum absolute atomic E-state index is 11.0. The zero-order valence-corrected chi connectivity index (χ0v) is 14.4. The van der Waals surface area contributed by atoms with Gasteiger partial charge in [0.05, 0.1) is 6.04 Å². The van der Waals surface area contributed by atoms with Crippen LogP contribution in [0.1, 0.15) is 35.9 Å². The molecule has 23 heavy (non-hydrogen) atoms. The van der Waals surface area contributed by atoms with E-state index in [1.165, 1.54) is 0 Å². The van der Waals surface area contributed by atoms with E-state index < -0.39 is 5.97 Å². The van der Waals surface area contributed by atoms with Crippen molar-refractivity contribution in [2.75, 3.05) is 0 Å². The molecule has 0 bridgehead atoms. The van der Waals surface area contributed by atoms with Gasteiger partial charge in [-0.1, -0.05) is 47.5 Å². The summed E-state index contributed by atoms with van der Waals surface area (Å²) in [5, 5.41) is 10.3. The Balaban J connectivity index is 2.36. The summed E-state index contributed by atoms with van der Waals surface area (Å²) in [4.78, 5) is 13.8. The van der Waals surface area contributed by atoms with Crippen molar-refractivity contribution in [2.24, 2.45) is 0 Å². The number of rotatable bonds is 7. The average Bonchev–Trinajstić information content (AvgIpc) is 2.52. The molecule has 0 aromatic heterocycles. The van der Waals surface area contributed by atoms with Gasteiger partial charge in [-0.2, -0.15) is 0 Å². The average molecular weight is 373 g/mol. The molecule has 0 aliphatic carbocycles. The molecule has 2 rings (SSSR count). The molecule has 0 fully saturated rings. The van der Waals surface area contributed by atoms with Gasteiger partial charge < -0.3 is 5.11 Å². The van der Waals surface area contributed by atoms with Crippen LogP contribution in [-0.4, -0.2) is 11.1 Å². The summed E-state index contributed by atoms with van der Waals surface area (Å²) < 4.78 is 0. The highest BCUT2D eigenvalue weighted by Crippen LogP contribution is 2.36. The molecule has 2 aromatic carbocycles. The van der Waals surface area contributed by atoms with Crippen molar-refractivity contribution < 1.29 is 9.90 Å². The van der Waals surface area contributed by atoms with Crippen LogP contribution in [0.25, 0.3) is 0 Å². The molecule has 2 aromatic rings. The van der Waals surface area contributed by atoms with Crippen LogP contribution in [-0.2, 0) is 4.79 Å². The Bertz CT molecular complexity index is 661. The molecule has 0 saturated carbocycles. The van der Waals surface area contributed by atoms with Gasteiger partial charge in [-0.3, -0.25) is 4.79 Å². The summed E-state index contributed by atoms with van der Waals surface area (Å²) in [5.74, 6) is -0.982. The second-order valence-corrected chi connectivity index (χ2v) is 6.32. The zero-order valence-electron chi connectivity index (χ0n) is 12.2. The Labute approximate surface area is 150 Å². The minimum absolute atomic E-state index is 0.0415. The van der Waals surface area contributed by atoms with Gasteiger partial charge in [0.15, 0.2) is 0 Å². The lowest BCUT2D eigenvalue weighted by molar-refractivity contribution is -0.137. The number of aliphatic carboxylic acids is 1. The van der Waals surface area contributed by atoms with Gasteiger partial charge in [0, 0.05) is 22.4 Å². The summed E-state index contributed by atoms with van der Waals surface area (Å²) in [6.45, 7) is 0. The minimum atomic E-state index is -0.846. The predicted octanol–water partition coefficient (Wildman–Crippen LogP) is 5.43. The van der Waals surface area contributed by atoms with Gasteiger partial charge in [-0.15, -0.1) is 0 Å². The highest BCUT2D eigenvalue weighted by Gasteiger charge is 2.25. The molecule has 0 unspecified atom stereocenters. The number of carboxylic acids is 1. The van der Waals surface area contributed by atoms with E-state index in [1.807, 2.05) is 30.3 Å². The minimum Gasteiger partial charge on any atom is -0.481 e. The summed E-state index contributed by atoms with van der Waals surface area (Å²) in [6, 6.07) is 14.5. The van der Waals surface area contributed by atoms with Crippen LogP contribution in [0.2, 0.25) is 10.0 Å². The van der Waals surface area contributed by atoms with E-state index >= 15 is 0 Å². The molecular weight excluding hydrogens is 357 g/mol. The molecule has 0 amide bonds. The topological polar surface area (TPSA) is 49.3 Å². The van der Waals surface area contributed by atoms with Crippen LogP contribution < -0.4 is 4.84 Å². The van der Waals surface area contributed by atoms with Crippen molar-refractivity contribution in [1.82, 2.24) is 4.84 Å². The van der Waals surface area contributed by atoms with Crippen LogP contribution in [0.5, 0.6) is 0 Å². The molecule has 6 heteroatoms. The molecule has 0 aliphatic heterocycles. The molecule has 122 valence electrons. The molecular formula is C17H16Cl3NO2. The largest absolute Gasteiger partial charge is 0.481 e. The first-order valence-corrected chi connectivity index (χ1v) is 8.23. The summed E-state index contributed by atoms with van der Waals surface area (Å²) in [7, 11) is 0. The van der Waals surface area contributed by atoms with E-state index in [2.05, 4.69) is 4.84 Å². The smallest absolute Gasteiger partial charge is 0.303 e. The van der Waals surface area contributed by atoms with Crippen molar-refractivity contribution in [1.29, 1.82) is 0 Å². The van der Waals surface area contributed by atoms with Crippen LogP contribution in [0.3, 0.4) is 0 Å². The first kappa shape index (κ1) is 18.1. The Morgan fingerprint density at radius 2 is 1.74 bits per heavy atom. The summed E-state index contributed by atoms with van der Waals surface area (Å²) >= 11 is 18.0. The van der Waals surface area contributed by atoms with E-state index in [9.17, 15) is 4.79 Å². The third-order valence-electron chi connectivity index (χ3n) is 3.70. The van der Waals surface area contributed by atoms with Gasteiger partial charge in [0.25, 0.3) is 0 Å². The fourth-order valence-corrected chi connectivity index (χ4v) is 3.19. The Kier molecular flexibility index (Phi) is 6.72. The van der Waals surface area contributed by atoms with Crippen molar-refractivity contribution in [3.8, 4) is 0 Å². The van der Waals surface area contributed by atoms with Crippen molar-refractivity contribution in [3.05, 3.63) is 69.7 Å². The number of benzene rings is 2. The van der Waals surface area contributed by atoms with E-state index in [1.54, 1.807) is 18.2 Å². The van der Waals surface area contributed by atoms with Gasteiger partial charge in [0.1, 0.15) is 0 Å². The van der Waals surface area contributed by atoms with Crippen molar-refractivity contribution in [3.63, 3.8) is 0 Å². The second-order valence-electron chi connectivity index (χ2n) is 5.23. The molecule has 0 heterocycles. The maximum atomic E-state index is 11.0. The third kappa shape index (κ3) is 5.11. The van der Waals surface area contributed by atoms with Crippen molar-refractivity contribution in [2.45, 2.75) is 24.8 Å². The van der Waals surface area contributed by atoms with E-state index in [0.717, 1.165) is 11.1 Å². The van der Waals surface area contributed by atoms with Crippen LogP contribution >= 0.6 is 35.0 Å². The number of halogens is 3. The van der Waals surface area contributed by atoms with E-state index in [4.69, 9.17) is 40.1 Å². The Hall–Kier alpha value is -1.26. The molecule has 0 spiro atoms. The second kappa shape index (κ2) is 8.55. The fraction of sp³-hybridized carbons (Fsp3) is 0.235. The standard InChI is InChI=1S/C17H16Cl3NO2/c18-13-6-4-11(5-7-13)17(21-20)15(8-9-16(22)23)12-2-1-3-14(19)10-12/h1-7,10,15,17,21H,8-9H2,(H,22,23)/t15-,17-/m1/s1. The third-order valence-corrected chi connectivity index (χ3v) is 4.42. The van der Waals surface area contributed by atoms with E-state index in [-0.39, 0.29) is 18.4 Å². The lowest BCUT2D eigenvalue weighted by atomic mass is 9.84. The normalized spacial score (nSPS) is 13.5. The Morgan fingerprint density at radius 3 is 2.30 bits per heavy atom. The summed E-state index contributed by atoms with van der Waals surface area (Å²) in [6.07, 6.45) is 0.475. The molecule has 3 nitrogen and oxygen atoms in total. The lowest BCUT2D eigenvalue weighted by Crippen LogP contribution is -2.21. The number of carbonyl (C=O) groups is 1. The van der Waals surface area contributed by atoms with Crippen molar-refractivity contribution >= 4 is 40.9 Å². The molecule has 0 aliphatic rings. The zero-order chi connectivity index (χ0) is 16.8. The monoisotopic (exact) mass is 371 g/mol. The first-order valence-electron chi connectivity index (χ1n) is 7.10. The first-order chi connectivity index (χ1) is 11.0. The van der Waals surface area contributed by atoms with Gasteiger partial charge >= 0.3 is 5.97 Å². The van der Waals surface area contributed by atoms with Gasteiger partial charge in [0.2, 0.25) is 0 Å². The number of hydrogen-bond donors (Lipinski definition) is 2. The molecule has 2 atom stereocenters. The molecule has 0 saturated heterocycles. The fourth-order valence-electron chi connectivity index (χ4n) is 2.58. The maximum Gasteiger partial charge on any atom is 0.303 e. The number of hydrogen-bond acceptors (Lipinski definition) is 2. The van der Waals surface area contributed by atoms with E-state index in [0.29, 0.717) is 16.5 Å². The van der Waals surface area contributed by atoms with Gasteiger partial charge in [-0.05, 0) is 53.6 Å². The predicted molar refractivity (Wildman–Crippen MR) is 94.2 cm³/mol. The molecule has 0 radical (unpaired) electrons. The molecule has 2 N–H and O–H groups in total. The van der Waals surface area contributed by atoms with Crippen LogP contribution in [0, 0.1) is 0 Å². The van der Waals surface area contributed by atoms with Crippen LogP contribution in [0.15, 0.2) is 48.5 Å². The lowest BCUT2D eigenvalue weighted by Gasteiger charge is -2.26. The number of nitrogens with one attached hydrogen (secondary N) is 1. The van der Waals surface area contributed by atoms with Gasteiger partial charge in [-0.25, -0.2) is 4.84 Å². The highest BCUT2D eigenvalue weighted by molar-refractivity contribution is 6.30. The quantitative estimate of drug-likeness (QED) is 0.637. The van der Waals surface area contributed by atoms with Crippen LogP contribution in [0.4, 0.5) is 0 Å². The highest BCUT2D eigenvalue weighted by atomic mass is 35.5. The Morgan fingerprint density at radius 1 is 1.04 bits per heavy atom. The SMILES string of the molecule is O=C(O)CC[C@H](c1cccc(Cl)c1)[C@H](NCl)c1ccc(Cl)cc1. The number of carboxylic acid groups (broad SMARTS) is 1. The summed E-state index contributed by atoms with van der Waals surface area (Å²) in [5.41, 5.74) is 1.87.